The van der Waals surface area contributed by atoms with Gasteiger partial charge in [0.1, 0.15) is 49.3 Å². The molecule has 0 unspecified atom stereocenters. The SMILES string of the molecule is O=C(C[NH+]1CC[NH+](CC(=O)Nc2c(F)cccc2F)CC1)Nc1ccc(F)cc1. The van der Waals surface area contributed by atoms with Crippen molar-refractivity contribution >= 4 is 23.2 Å². The Morgan fingerprint density at radius 2 is 1.24 bits per heavy atom. The van der Waals surface area contributed by atoms with Crippen molar-refractivity contribution in [1.29, 1.82) is 0 Å². The third-order valence-electron chi connectivity index (χ3n) is 4.84. The van der Waals surface area contributed by atoms with Crippen molar-refractivity contribution in [2.24, 2.45) is 0 Å². The van der Waals surface area contributed by atoms with E-state index in [-0.39, 0.29) is 24.8 Å². The number of para-hydroxylation sites is 1. The zero-order chi connectivity index (χ0) is 20.8. The zero-order valence-corrected chi connectivity index (χ0v) is 15.7. The quantitative estimate of drug-likeness (QED) is 0.519. The number of nitrogens with one attached hydrogen (secondary N) is 4. The predicted molar refractivity (Wildman–Crippen MR) is 101 cm³/mol. The molecule has 154 valence electrons. The van der Waals surface area contributed by atoms with Crippen LogP contribution >= 0.6 is 0 Å². The summed E-state index contributed by atoms with van der Waals surface area (Å²) in [6.45, 7) is 3.07. The average molecular weight is 408 g/mol. The van der Waals surface area contributed by atoms with E-state index < -0.39 is 23.2 Å². The van der Waals surface area contributed by atoms with Crippen LogP contribution in [-0.2, 0) is 9.59 Å². The lowest BCUT2D eigenvalue weighted by Crippen LogP contribution is -3.28. The molecule has 0 atom stereocenters. The Morgan fingerprint density at radius 3 is 1.76 bits per heavy atom. The highest BCUT2D eigenvalue weighted by Crippen LogP contribution is 2.17. The van der Waals surface area contributed by atoms with Gasteiger partial charge in [0.05, 0.1) is 0 Å². The van der Waals surface area contributed by atoms with Crippen LogP contribution in [0.15, 0.2) is 42.5 Å². The van der Waals surface area contributed by atoms with E-state index >= 15 is 0 Å². The minimum absolute atomic E-state index is 0.100. The number of piperazine rings is 1. The van der Waals surface area contributed by atoms with Crippen molar-refractivity contribution in [1.82, 2.24) is 0 Å². The third-order valence-corrected chi connectivity index (χ3v) is 4.84. The first-order chi connectivity index (χ1) is 13.9. The Morgan fingerprint density at radius 1 is 0.759 bits per heavy atom. The van der Waals surface area contributed by atoms with Crippen molar-refractivity contribution in [3.8, 4) is 0 Å². The molecule has 1 aliphatic rings. The second-order valence-corrected chi connectivity index (χ2v) is 7.05. The van der Waals surface area contributed by atoms with Gasteiger partial charge in [-0.1, -0.05) is 6.07 Å². The minimum atomic E-state index is -0.810. The molecule has 0 bridgehead atoms. The molecule has 9 heteroatoms. The van der Waals surface area contributed by atoms with Crippen LogP contribution in [0.4, 0.5) is 24.5 Å². The summed E-state index contributed by atoms with van der Waals surface area (Å²) in [7, 11) is 0. The van der Waals surface area contributed by atoms with Crippen molar-refractivity contribution < 1.29 is 32.6 Å². The van der Waals surface area contributed by atoms with Crippen LogP contribution in [0.1, 0.15) is 0 Å². The molecule has 0 saturated carbocycles. The number of carbonyl (C=O) groups is 2. The van der Waals surface area contributed by atoms with Crippen LogP contribution in [0.2, 0.25) is 0 Å². The summed E-state index contributed by atoms with van der Waals surface area (Å²) in [6.07, 6.45) is 0. The lowest BCUT2D eigenvalue weighted by molar-refractivity contribution is -1.00. The Labute approximate surface area is 166 Å². The minimum Gasteiger partial charge on any atom is -0.321 e. The van der Waals surface area contributed by atoms with Crippen molar-refractivity contribution in [2.75, 3.05) is 49.9 Å². The summed E-state index contributed by atoms with van der Waals surface area (Å²) < 4.78 is 40.1. The van der Waals surface area contributed by atoms with E-state index in [9.17, 15) is 22.8 Å². The largest absolute Gasteiger partial charge is 0.321 e. The average Bonchev–Trinajstić information content (AvgIpc) is 2.68. The van der Waals surface area contributed by atoms with Gasteiger partial charge in [0, 0.05) is 5.69 Å². The Kier molecular flexibility index (Phi) is 6.84. The lowest BCUT2D eigenvalue weighted by atomic mass is 10.2. The van der Waals surface area contributed by atoms with Gasteiger partial charge >= 0.3 is 0 Å². The number of amides is 2. The number of hydrogen-bond acceptors (Lipinski definition) is 2. The van der Waals surface area contributed by atoms with E-state index in [4.69, 9.17) is 0 Å². The van der Waals surface area contributed by atoms with Crippen LogP contribution in [0.3, 0.4) is 0 Å². The lowest BCUT2D eigenvalue weighted by Gasteiger charge is -2.29. The molecule has 1 fully saturated rings. The van der Waals surface area contributed by atoms with Crippen LogP contribution < -0.4 is 20.4 Å². The first-order valence-electron chi connectivity index (χ1n) is 9.37. The topological polar surface area (TPSA) is 67.1 Å². The van der Waals surface area contributed by atoms with E-state index in [0.717, 1.165) is 21.9 Å². The fourth-order valence-electron chi connectivity index (χ4n) is 3.30. The summed E-state index contributed by atoms with van der Waals surface area (Å²) >= 11 is 0. The van der Waals surface area contributed by atoms with E-state index in [1.807, 2.05) is 0 Å². The maximum atomic E-state index is 13.6. The second kappa shape index (κ2) is 9.53. The van der Waals surface area contributed by atoms with Gasteiger partial charge in [-0.05, 0) is 36.4 Å². The molecule has 0 aliphatic carbocycles. The molecule has 0 radical (unpaired) electrons. The van der Waals surface area contributed by atoms with Gasteiger partial charge in [-0.25, -0.2) is 13.2 Å². The molecule has 1 aliphatic heterocycles. The van der Waals surface area contributed by atoms with Gasteiger partial charge in [0.2, 0.25) is 0 Å². The maximum absolute atomic E-state index is 13.6. The van der Waals surface area contributed by atoms with Crippen molar-refractivity contribution in [3.05, 3.63) is 59.9 Å². The number of hydrogen-bond donors (Lipinski definition) is 4. The molecule has 2 aromatic carbocycles. The van der Waals surface area contributed by atoms with E-state index in [0.29, 0.717) is 31.9 Å². The highest BCUT2D eigenvalue weighted by Gasteiger charge is 2.27. The Balaban J connectivity index is 1.41. The van der Waals surface area contributed by atoms with Gasteiger partial charge in [-0.15, -0.1) is 0 Å². The molecular formula is C20H23F3N4O2+2. The molecule has 0 aromatic heterocycles. The number of halogens is 3. The second-order valence-electron chi connectivity index (χ2n) is 7.05. The fourth-order valence-corrected chi connectivity index (χ4v) is 3.30. The molecule has 1 saturated heterocycles. The van der Waals surface area contributed by atoms with Crippen LogP contribution in [0.25, 0.3) is 0 Å². The van der Waals surface area contributed by atoms with Crippen LogP contribution in [0, 0.1) is 17.5 Å². The summed E-state index contributed by atoms with van der Waals surface area (Å²) in [5.74, 6) is -2.61. The highest BCUT2D eigenvalue weighted by molar-refractivity contribution is 5.92. The summed E-state index contributed by atoms with van der Waals surface area (Å²) in [4.78, 5) is 26.3. The van der Waals surface area contributed by atoms with Crippen LogP contribution in [-0.4, -0.2) is 51.1 Å². The standard InChI is InChI=1S/C20H21F3N4O2/c21-14-4-6-15(7-5-14)24-18(28)12-26-8-10-27(11-9-26)13-19(29)25-20-16(22)2-1-3-17(20)23/h1-7H,8-13H2,(H,24,28)(H,25,29)/p+2. The molecule has 3 rings (SSSR count). The van der Waals surface area contributed by atoms with E-state index in [1.165, 1.54) is 30.3 Å². The Bertz CT molecular complexity index is 848. The van der Waals surface area contributed by atoms with Gasteiger partial charge in [0.25, 0.3) is 11.8 Å². The fraction of sp³-hybridized carbons (Fsp3) is 0.300. The molecular weight excluding hydrogens is 385 g/mol. The van der Waals surface area contributed by atoms with Crippen LogP contribution in [0.5, 0.6) is 0 Å². The van der Waals surface area contributed by atoms with E-state index in [2.05, 4.69) is 10.6 Å². The number of anilines is 2. The Hall–Kier alpha value is -2.91. The molecule has 0 spiro atoms. The summed E-state index contributed by atoms with van der Waals surface area (Å²) in [6, 6.07) is 8.98. The molecule has 2 amide bonds. The summed E-state index contributed by atoms with van der Waals surface area (Å²) in [5, 5.41) is 5.02. The predicted octanol–water partition coefficient (Wildman–Crippen LogP) is -0.535. The number of rotatable bonds is 6. The number of benzene rings is 2. The first-order valence-corrected chi connectivity index (χ1v) is 9.37. The van der Waals surface area contributed by atoms with Crippen molar-refractivity contribution in [2.45, 2.75) is 0 Å². The van der Waals surface area contributed by atoms with E-state index in [1.54, 1.807) is 0 Å². The normalized spacial score (nSPS) is 18.9. The molecule has 1 heterocycles. The smallest absolute Gasteiger partial charge is 0.279 e. The molecule has 2 aromatic rings. The molecule has 6 nitrogen and oxygen atoms in total. The van der Waals surface area contributed by atoms with Gasteiger partial charge < -0.3 is 20.4 Å². The van der Waals surface area contributed by atoms with Gasteiger partial charge in [-0.3, -0.25) is 9.59 Å². The summed E-state index contributed by atoms with van der Waals surface area (Å²) in [5.41, 5.74) is 0.107. The third kappa shape index (κ3) is 6.03. The van der Waals surface area contributed by atoms with Crippen molar-refractivity contribution in [3.63, 3.8) is 0 Å². The van der Waals surface area contributed by atoms with Gasteiger partial charge in [0.15, 0.2) is 13.1 Å². The maximum Gasteiger partial charge on any atom is 0.279 e. The molecule has 4 N–H and O–H groups in total. The zero-order valence-electron chi connectivity index (χ0n) is 15.7. The number of carbonyl (C=O) groups excluding carboxylic acids is 2. The van der Waals surface area contributed by atoms with Gasteiger partial charge in [-0.2, -0.15) is 0 Å². The first kappa shape index (κ1) is 20.8. The highest BCUT2D eigenvalue weighted by atomic mass is 19.1. The number of quaternary nitrogens is 2. The molecule has 29 heavy (non-hydrogen) atoms. The monoisotopic (exact) mass is 408 g/mol.